The molecule has 2 aliphatic carbocycles. The minimum absolute atomic E-state index is 0.192. The summed E-state index contributed by atoms with van der Waals surface area (Å²) in [5, 5.41) is 4.34. The van der Waals surface area contributed by atoms with Gasteiger partial charge in [-0.25, -0.2) is 0 Å². The first kappa shape index (κ1) is 15.2. The number of rotatable bonds is 5. The van der Waals surface area contributed by atoms with Gasteiger partial charge in [-0.2, -0.15) is 0 Å². The van der Waals surface area contributed by atoms with E-state index in [1.807, 2.05) is 12.1 Å². The highest BCUT2D eigenvalue weighted by atomic mass is 35.5. The van der Waals surface area contributed by atoms with Gasteiger partial charge < -0.3 is 5.32 Å². The van der Waals surface area contributed by atoms with Crippen LogP contribution in [0.3, 0.4) is 0 Å². The molecule has 0 spiro atoms. The van der Waals surface area contributed by atoms with Crippen molar-refractivity contribution in [2.45, 2.75) is 38.5 Å². The number of carbonyl (C=O) groups is 1. The Balaban J connectivity index is 1.42. The second-order valence-electron chi connectivity index (χ2n) is 6.47. The largest absolute Gasteiger partial charge is 0.356 e. The second kappa shape index (κ2) is 6.58. The summed E-state index contributed by atoms with van der Waals surface area (Å²) in [4.78, 5) is 12.0. The Morgan fingerprint density at radius 1 is 1.24 bits per heavy atom. The number of benzene rings is 1. The lowest BCUT2D eigenvalue weighted by Gasteiger charge is -2.20. The van der Waals surface area contributed by atoms with Crippen molar-refractivity contribution in [3.05, 3.63) is 33.8 Å². The van der Waals surface area contributed by atoms with Gasteiger partial charge in [0.25, 0.3) is 0 Å². The molecule has 1 N–H and O–H groups in total. The molecule has 114 valence electrons. The molecular formula is C17H21Cl2NO. The average molecular weight is 326 g/mol. The molecule has 3 atom stereocenters. The van der Waals surface area contributed by atoms with Gasteiger partial charge in [0.1, 0.15) is 0 Å². The first-order chi connectivity index (χ1) is 10.1. The maximum Gasteiger partial charge on any atom is 0.220 e. The van der Waals surface area contributed by atoms with Crippen LogP contribution in [0.2, 0.25) is 10.0 Å². The molecule has 2 nitrogen and oxygen atoms in total. The fraction of sp³-hybridized carbons (Fsp3) is 0.588. The van der Waals surface area contributed by atoms with Gasteiger partial charge >= 0.3 is 0 Å². The fourth-order valence-corrected chi connectivity index (χ4v) is 4.50. The number of nitrogens with one attached hydrogen (secondary N) is 1. The molecular weight excluding hydrogens is 305 g/mol. The van der Waals surface area contributed by atoms with Crippen LogP contribution in [0.1, 0.15) is 37.7 Å². The summed E-state index contributed by atoms with van der Waals surface area (Å²) in [5.74, 6) is 2.53. The Morgan fingerprint density at radius 3 is 2.76 bits per heavy atom. The van der Waals surface area contributed by atoms with Crippen LogP contribution in [0.4, 0.5) is 0 Å². The van der Waals surface area contributed by atoms with Crippen molar-refractivity contribution in [2.75, 3.05) is 6.54 Å². The minimum Gasteiger partial charge on any atom is -0.356 e. The van der Waals surface area contributed by atoms with Crippen molar-refractivity contribution in [3.63, 3.8) is 0 Å². The van der Waals surface area contributed by atoms with E-state index in [1.54, 1.807) is 6.07 Å². The summed E-state index contributed by atoms with van der Waals surface area (Å²) in [6.45, 7) is 0.640. The molecule has 1 aromatic rings. The summed E-state index contributed by atoms with van der Waals surface area (Å²) >= 11 is 12.0. The maximum absolute atomic E-state index is 12.0. The smallest absolute Gasteiger partial charge is 0.220 e. The van der Waals surface area contributed by atoms with Gasteiger partial charge in [0.05, 0.1) is 0 Å². The van der Waals surface area contributed by atoms with Crippen LogP contribution in [0.15, 0.2) is 18.2 Å². The first-order valence-electron chi connectivity index (χ1n) is 7.82. The Labute approximate surface area is 136 Å². The standard InChI is InChI=1S/C17H21Cl2NO/c18-15-4-3-12(16(19)10-15)5-6-20-17(21)9-14-8-11-1-2-13(14)7-11/h3-4,10-11,13-14H,1-2,5-9H2,(H,20,21). The number of hydrogen-bond acceptors (Lipinski definition) is 1. The monoisotopic (exact) mass is 325 g/mol. The topological polar surface area (TPSA) is 29.1 Å². The molecule has 1 amide bonds. The van der Waals surface area contributed by atoms with Crippen molar-refractivity contribution < 1.29 is 4.79 Å². The molecule has 2 aliphatic rings. The fourth-order valence-electron chi connectivity index (χ4n) is 4.00. The van der Waals surface area contributed by atoms with Crippen LogP contribution >= 0.6 is 23.2 Å². The number of fused-ring (bicyclic) bond motifs is 2. The molecule has 4 heteroatoms. The van der Waals surface area contributed by atoms with E-state index in [0.717, 1.165) is 23.8 Å². The number of halogens is 2. The molecule has 0 aromatic heterocycles. The number of hydrogen-bond donors (Lipinski definition) is 1. The zero-order valence-electron chi connectivity index (χ0n) is 12.1. The average Bonchev–Trinajstić information content (AvgIpc) is 3.03. The molecule has 21 heavy (non-hydrogen) atoms. The maximum atomic E-state index is 12.0. The summed E-state index contributed by atoms with van der Waals surface area (Å²) < 4.78 is 0. The molecule has 2 bridgehead atoms. The zero-order chi connectivity index (χ0) is 14.8. The van der Waals surface area contributed by atoms with E-state index in [-0.39, 0.29) is 5.91 Å². The molecule has 0 aliphatic heterocycles. The summed E-state index contributed by atoms with van der Waals surface area (Å²) in [7, 11) is 0. The summed E-state index contributed by atoms with van der Waals surface area (Å²) in [6.07, 6.45) is 6.80. The van der Waals surface area contributed by atoms with Crippen LogP contribution in [0.5, 0.6) is 0 Å². The first-order valence-corrected chi connectivity index (χ1v) is 8.58. The van der Waals surface area contributed by atoms with Gasteiger partial charge in [-0.3, -0.25) is 4.79 Å². The van der Waals surface area contributed by atoms with E-state index >= 15 is 0 Å². The lowest BCUT2D eigenvalue weighted by molar-refractivity contribution is -0.122. The van der Waals surface area contributed by atoms with Gasteiger partial charge in [-0.05, 0) is 61.1 Å². The number of carbonyl (C=O) groups excluding carboxylic acids is 1. The Hall–Kier alpha value is -0.730. The van der Waals surface area contributed by atoms with Crippen LogP contribution in [0, 0.1) is 17.8 Å². The highest BCUT2D eigenvalue weighted by Crippen LogP contribution is 2.49. The minimum atomic E-state index is 0.192. The van der Waals surface area contributed by atoms with E-state index < -0.39 is 0 Å². The Morgan fingerprint density at radius 2 is 2.10 bits per heavy atom. The molecule has 0 radical (unpaired) electrons. The van der Waals surface area contributed by atoms with E-state index in [9.17, 15) is 4.79 Å². The normalized spacial score (nSPS) is 27.0. The van der Waals surface area contributed by atoms with Crippen molar-refractivity contribution in [2.24, 2.45) is 17.8 Å². The molecule has 0 saturated heterocycles. The van der Waals surface area contributed by atoms with Crippen molar-refractivity contribution >= 4 is 29.1 Å². The van der Waals surface area contributed by atoms with Crippen molar-refractivity contribution in [1.29, 1.82) is 0 Å². The van der Waals surface area contributed by atoms with Crippen LogP contribution < -0.4 is 5.32 Å². The lowest BCUT2D eigenvalue weighted by Crippen LogP contribution is -2.29. The van der Waals surface area contributed by atoms with Gasteiger partial charge in [-0.1, -0.05) is 35.7 Å². The van der Waals surface area contributed by atoms with Gasteiger partial charge in [-0.15, -0.1) is 0 Å². The summed E-state index contributed by atoms with van der Waals surface area (Å²) in [5.41, 5.74) is 1.03. The van der Waals surface area contributed by atoms with Gasteiger partial charge in [0.15, 0.2) is 0 Å². The zero-order valence-corrected chi connectivity index (χ0v) is 13.6. The van der Waals surface area contributed by atoms with Crippen molar-refractivity contribution in [1.82, 2.24) is 5.32 Å². The molecule has 2 saturated carbocycles. The van der Waals surface area contributed by atoms with Gasteiger partial charge in [0.2, 0.25) is 5.91 Å². The Kier molecular flexibility index (Phi) is 4.75. The SMILES string of the molecule is O=C(CC1CC2CCC1C2)NCCc1ccc(Cl)cc1Cl. The molecule has 3 rings (SSSR count). The predicted octanol–water partition coefficient (Wildman–Crippen LogP) is 4.48. The summed E-state index contributed by atoms with van der Waals surface area (Å²) in [6, 6.07) is 5.50. The third kappa shape index (κ3) is 3.73. The third-order valence-electron chi connectivity index (χ3n) is 5.06. The van der Waals surface area contributed by atoms with E-state index in [4.69, 9.17) is 23.2 Å². The third-order valence-corrected chi connectivity index (χ3v) is 5.65. The predicted molar refractivity (Wildman–Crippen MR) is 86.7 cm³/mol. The molecule has 2 fully saturated rings. The van der Waals surface area contributed by atoms with Gasteiger partial charge in [0, 0.05) is 23.0 Å². The lowest BCUT2D eigenvalue weighted by atomic mass is 9.86. The van der Waals surface area contributed by atoms with E-state index in [0.29, 0.717) is 28.9 Å². The number of amides is 1. The highest BCUT2D eigenvalue weighted by molar-refractivity contribution is 6.35. The quantitative estimate of drug-likeness (QED) is 0.849. The molecule has 1 aromatic carbocycles. The van der Waals surface area contributed by atoms with Crippen molar-refractivity contribution in [3.8, 4) is 0 Å². The van der Waals surface area contributed by atoms with Crippen LogP contribution in [-0.4, -0.2) is 12.5 Å². The second-order valence-corrected chi connectivity index (χ2v) is 7.32. The van der Waals surface area contributed by atoms with E-state index in [1.165, 1.54) is 25.7 Å². The van der Waals surface area contributed by atoms with Crippen LogP contribution in [0.25, 0.3) is 0 Å². The van der Waals surface area contributed by atoms with Crippen LogP contribution in [-0.2, 0) is 11.2 Å². The molecule has 3 unspecified atom stereocenters. The molecule has 0 heterocycles. The Bertz CT molecular complexity index is 532. The van der Waals surface area contributed by atoms with E-state index in [2.05, 4.69) is 5.32 Å². The highest BCUT2D eigenvalue weighted by Gasteiger charge is 2.39.